The molecule has 1 aromatic heterocycles. The van der Waals surface area contributed by atoms with Crippen molar-refractivity contribution in [2.75, 3.05) is 13.1 Å². The molecular weight excluding hydrogens is 432 g/mol. The number of nitrogens with zero attached hydrogens (tertiary/aromatic N) is 1. The molecule has 0 atom stereocenters. The van der Waals surface area contributed by atoms with Gasteiger partial charge >= 0.3 is 0 Å². The van der Waals surface area contributed by atoms with Crippen LogP contribution in [0.1, 0.15) is 75.6 Å². The fraction of sp³-hybridized carbons (Fsp3) is 0.429. The number of H-pyrrole nitrogens is 1. The van der Waals surface area contributed by atoms with Crippen molar-refractivity contribution in [1.82, 2.24) is 9.88 Å². The first-order valence-corrected chi connectivity index (χ1v) is 12.6. The summed E-state index contributed by atoms with van der Waals surface area (Å²) in [5.74, 6) is -0.880. The van der Waals surface area contributed by atoms with Crippen molar-refractivity contribution in [3.63, 3.8) is 0 Å². The van der Waals surface area contributed by atoms with Gasteiger partial charge in [-0.2, -0.15) is 0 Å². The summed E-state index contributed by atoms with van der Waals surface area (Å²) >= 11 is 6.27. The van der Waals surface area contributed by atoms with Gasteiger partial charge in [0.1, 0.15) is 0 Å². The monoisotopic (exact) mass is 466 g/mol. The van der Waals surface area contributed by atoms with Gasteiger partial charge in [0, 0.05) is 29.0 Å². The highest BCUT2D eigenvalue weighted by molar-refractivity contribution is 6.46. The summed E-state index contributed by atoms with van der Waals surface area (Å²) < 4.78 is 0. The van der Waals surface area contributed by atoms with Crippen LogP contribution in [-0.2, 0) is 4.79 Å². The van der Waals surface area contributed by atoms with E-state index in [1.165, 1.54) is 0 Å². The Morgan fingerprint density at radius 3 is 2.09 bits per heavy atom. The molecule has 1 amide bonds. The second-order valence-corrected chi connectivity index (χ2v) is 9.11. The van der Waals surface area contributed by atoms with Crippen LogP contribution in [0.5, 0.6) is 0 Å². The number of ketones is 1. The van der Waals surface area contributed by atoms with Crippen molar-refractivity contribution < 1.29 is 9.59 Å². The molecule has 0 bridgehead atoms. The van der Waals surface area contributed by atoms with E-state index in [4.69, 9.17) is 11.6 Å². The summed E-state index contributed by atoms with van der Waals surface area (Å²) in [6.07, 6.45) is 8.55. The second-order valence-electron chi connectivity index (χ2n) is 8.67. The minimum absolute atomic E-state index is 0.413. The number of carbonyl (C=O) groups excluding carboxylic acids is 2. The lowest BCUT2D eigenvalue weighted by Crippen LogP contribution is -2.38. The molecule has 0 saturated heterocycles. The van der Waals surface area contributed by atoms with E-state index in [2.05, 4.69) is 18.8 Å². The molecule has 176 valence electrons. The van der Waals surface area contributed by atoms with Crippen molar-refractivity contribution in [2.24, 2.45) is 0 Å². The Balaban J connectivity index is 1.93. The SMILES string of the molecule is CCCCCCN(CCCCCC)C(=O)C(=O)c1c(-c2ccccc2)[nH]c2ccc(Cl)cc12. The molecule has 0 aliphatic heterocycles. The Kier molecular flexibility index (Phi) is 9.56. The van der Waals surface area contributed by atoms with Crippen molar-refractivity contribution in [1.29, 1.82) is 0 Å². The van der Waals surface area contributed by atoms with Crippen LogP contribution < -0.4 is 0 Å². The highest BCUT2D eigenvalue weighted by Crippen LogP contribution is 2.32. The minimum Gasteiger partial charge on any atom is -0.354 e. The van der Waals surface area contributed by atoms with E-state index in [9.17, 15) is 9.59 Å². The molecule has 0 aliphatic carbocycles. The van der Waals surface area contributed by atoms with Crippen LogP contribution in [0.25, 0.3) is 22.2 Å². The molecule has 3 aromatic rings. The summed E-state index contributed by atoms with van der Waals surface area (Å²) in [6.45, 7) is 5.59. The molecule has 0 unspecified atom stereocenters. The third-order valence-corrected chi connectivity index (χ3v) is 6.33. The topological polar surface area (TPSA) is 53.2 Å². The largest absolute Gasteiger partial charge is 0.354 e. The summed E-state index contributed by atoms with van der Waals surface area (Å²) in [4.78, 5) is 32.3. The first-order chi connectivity index (χ1) is 16.1. The van der Waals surface area contributed by atoms with E-state index in [0.717, 1.165) is 62.4 Å². The predicted octanol–water partition coefficient (Wildman–Crippen LogP) is 7.66. The number of hydrogen-bond acceptors (Lipinski definition) is 2. The quantitative estimate of drug-likeness (QED) is 0.160. The van der Waals surface area contributed by atoms with Crippen LogP contribution >= 0.6 is 11.6 Å². The molecule has 1 N–H and O–H groups in total. The smallest absolute Gasteiger partial charge is 0.295 e. The van der Waals surface area contributed by atoms with Gasteiger partial charge in [-0.1, -0.05) is 94.3 Å². The number of Topliss-reactive ketones (excluding diaryl/α,β-unsaturated/α-hetero) is 1. The fourth-order valence-corrected chi connectivity index (χ4v) is 4.42. The maximum atomic E-state index is 13.7. The molecule has 0 fully saturated rings. The maximum absolute atomic E-state index is 13.7. The van der Waals surface area contributed by atoms with Crippen molar-refractivity contribution in [3.05, 3.63) is 59.1 Å². The molecule has 1 heterocycles. The van der Waals surface area contributed by atoms with E-state index >= 15 is 0 Å². The van der Waals surface area contributed by atoms with Gasteiger partial charge in [0.25, 0.3) is 11.7 Å². The lowest BCUT2D eigenvalue weighted by atomic mass is 10.0. The van der Waals surface area contributed by atoms with Crippen LogP contribution in [0.2, 0.25) is 5.02 Å². The number of fused-ring (bicyclic) bond motifs is 1. The van der Waals surface area contributed by atoms with E-state index in [0.29, 0.717) is 34.8 Å². The molecule has 2 aromatic carbocycles. The minimum atomic E-state index is -0.464. The average molecular weight is 467 g/mol. The van der Waals surface area contributed by atoms with E-state index in [1.807, 2.05) is 36.4 Å². The Labute approximate surface area is 202 Å². The number of halogens is 1. The summed E-state index contributed by atoms with van der Waals surface area (Å²) in [5, 5.41) is 1.23. The zero-order valence-electron chi connectivity index (χ0n) is 19.8. The van der Waals surface area contributed by atoms with Crippen LogP contribution in [0.3, 0.4) is 0 Å². The number of hydrogen-bond donors (Lipinski definition) is 1. The van der Waals surface area contributed by atoms with Crippen molar-refractivity contribution in [3.8, 4) is 11.3 Å². The van der Waals surface area contributed by atoms with Gasteiger partial charge in [0.15, 0.2) is 0 Å². The standard InChI is InChI=1S/C28H35ClN2O2/c1-3-5-7-12-18-31(19-13-8-6-4-2)28(33)27(32)25-23-20-22(29)16-17-24(23)30-26(25)21-14-10-9-11-15-21/h9-11,14-17,20,30H,3-8,12-13,18-19H2,1-2H3. The number of aromatic nitrogens is 1. The third-order valence-electron chi connectivity index (χ3n) is 6.09. The van der Waals surface area contributed by atoms with E-state index in [-0.39, 0.29) is 0 Å². The van der Waals surface area contributed by atoms with Crippen molar-refractivity contribution >= 4 is 34.2 Å². The van der Waals surface area contributed by atoms with Gasteiger partial charge < -0.3 is 9.88 Å². The summed E-state index contributed by atoms with van der Waals surface area (Å²) in [6, 6.07) is 15.1. The zero-order chi connectivity index (χ0) is 23.6. The fourth-order valence-electron chi connectivity index (χ4n) is 4.25. The predicted molar refractivity (Wildman–Crippen MR) is 138 cm³/mol. The number of carbonyl (C=O) groups is 2. The van der Waals surface area contributed by atoms with Crippen LogP contribution in [0.4, 0.5) is 0 Å². The van der Waals surface area contributed by atoms with Gasteiger partial charge in [0.2, 0.25) is 0 Å². The van der Waals surface area contributed by atoms with Gasteiger partial charge in [-0.3, -0.25) is 9.59 Å². The lowest BCUT2D eigenvalue weighted by molar-refractivity contribution is -0.126. The number of unbranched alkanes of at least 4 members (excludes halogenated alkanes) is 6. The number of benzene rings is 2. The van der Waals surface area contributed by atoms with Gasteiger partial charge in [-0.05, 0) is 36.6 Å². The molecule has 0 spiro atoms. The molecular formula is C28H35ClN2O2. The Bertz CT molecular complexity index is 1050. The summed E-state index contributed by atoms with van der Waals surface area (Å²) in [5.41, 5.74) is 2.75. The van der Waals surface area contributed by atoms with E-state index < -0.39 is 11.7 Å². The summed E-state index contributed by atoms with van der Waals surface area (Å²) in [7, 11) is 0. The Hall–Kier alpha value is -2.59. The average Bonchev–Trinajstić information content (AvgIpc) is 3.21. The van der Waals surface area contributed by atoms with Gasteiger partial charge in [-0.25, -0.2) is 0 Å². The van der Waals surface area contributed by atoms with Crippen LogP contribution in [0, 0.1) is 0 Å². The third kappa shape index (κ3) is 6.48. The van der Waals surface area contributed by atoms with Gasteiger partial charge in [0.05, 0.1) is 11.3 Å². The number of rotatable bonds is 13. The molecule has 0 saturated carbocycles. The second kappa shape index (κ2) is 12.6. The molecule has 33 heavy (non-hydrogen) atoms. The first kappa shape index (κ1) is 25.0. The molecule has 0 radical (unpaired) electrons. The molecule has 5 heteroatoms. The number of amides is 1. The van der Waals surface area contributed by atoms with E-state index in [1.54, 1.807) is 17.0 Å². The lowest BCUT2D eigenvalue weighted by Gasteiger charge is -2.22. The molecule has 0 aliphatic rings. The Morgan fingerprint density at radius 1 is 0.848 bits per heavy atom. The number of nitrogens with one attached hydrogen (secondary N) is 1. The first-order valence-electron chi connectivity index (χ1n) is 12.3. The highest BCUT2D eigenvalue weighted by atomic mass is 35.5. The highest BCUT2D eigenvalue weighted by Gasteiger charge is 2.28. The normalized spacial score (nSPS) is 11.1. The molecule has 4 nitrogen and oxygen atoms in total. The van der Waals surface area contributed by atoms with Crippen LogP contribution in [-0.4, -0.2) is 34.7 Å². The number of aromatic amines is 1. The zero-order valence-corrected chi connectivity index (χ0v) is 20.6. The van der Waals surface area contributed by atoms with Crippen molar-refractivity contribution in [2.45, 2.75) is 65.2 Å². The molecule has 3 rings (SSSR count). The maximum Gasteiger partial charge on any atom is 0.295 e. The van der Waals surface area contributed by atoms with Crippen LogP contribution in [0.15, 0.2) is 48.5 Å². The Morgan fingerprint density at radius 2 is 1.48 bits per heavy atom. The van der Waals surface area contributed by atoms with Gasteiger partial charge in [-0.15, -0.1) is 0 Å².